The van der Waals surface area contributed by atoms with Gasteiger partial charge in [-0.15, -0.1) is 0 Å². The topological polar surface area (TPSA) is 52.8 Å². The van der Waals surface area contributed by atoms with E-state index in [1.807, 2.05) is 17.6 Å². The van der Waals surface area contributed by atoms with Crippen molar-refractivity contribution in [3.05, 3.63) is 50.7 Å². The first-order valence-electron chi connectivity index (χ1n) is 7.77. The van der Waals surface area contributed by atoms with Crippen LogP contribution in [0.2, 0.25) is 10.0 Å². The number of methoxy groups -OCH3 is 2. The minimum Gasteiger partial charge on any atom is -0.497 e. The van der Waals surface area contributed by atoms with Gasteiger partial charge in [0.15, 0.2) is 4.80 Å². The predicted molar refractivity (Wildman–Crippen MR) is 105 cm³/mol. The molecular weight excluding hydrogens is 395 g/mol. The number of carbonyl (C=O) groups excluding carboxylic acids is 1. The summed E-state index contributed by atoms with van der Waals surface area (Å²) in [7, 11) is 3.06. The lowest BCUT2D eigenvalue weighted by Gasteiger charge is -2.06. The van der Waals surface area contributed by atoms with Crippen LogP contribution in [0.15, 0.2) is 35.3 Å². The first kappa shape index (κ1) is 18.8. The molecular formula is C18H16Cl2N2O3S. The van der Waals surface area contributed by atoms with Crippen molar-refractivity contribution >= 4 is 50.7 Å². The van der Waals surface area contributed by atoms with E-state index < -0.39 is 5.91 Å². The van der Waals surface area contributed by atoms with Gasteiger partial charge in [0, 0.05) is 23.2 Å². The molecule has 0 bridgehead atoms. The molecule has 1 amide bonds. The number of hydrogen-bond acceptors (Lipinski definition) is 4. The zero-order chi connectivity index (χ0) is 18.8. The van der Waals surface area contributed by atoms with Gasteiger partial charge in [-0.25, -0.2) is 0 Å². The molecule has 0 aliphatic carbocycles. The van der Waals surface area contributed by atoms with Crippen LogP contribution in [0, 0.1) is 0 Å². The van der Waals surface area contributed by atoms with E-state index in [0.717, 1.165) is 10.2 Å². The number of halogens is 2. The lowest BCUT2D eigenvalue weighted by Crippen LogP contribution is -2.16. The average molecular weight is 411 g/mol. The maximum Gasteiger partial charge on any atom is 0.279 e. The minimum atomic E-state index is -0.391. The van der Waals surface area contributed by atoms with Gasteiger partial charge in [0.25, 0.3) is 5.91 Å². The second-order valence-corrected chi connectivity index (χ2v) is 7.23. The van der Waals surface area contributed by atoms with Gasteiger partial charge >= 0.3 is 0 Å². The molecule has 136 valence electrons. The van der Waals surface area contributed by atoms with Crippen LogP contribution in [0.4, 0.5) is 0 Å². The summed E-state index contributed by atoms with van der Waals surface area (Å²) in [5.41, 5.74) is 1.20. The Morgan fingerprint density at radius 1 is 1.12 bits per heavy atom. The maximum atomic E-state index is 12.7. The van der Waals surface area contributed by atoms with E-state index in [0.29, 0.717) is 38.5 Å². The Kier molecular flexibility index (Phi) is 5.55. The highest BCUT2D eigenvalue weighted by molar-refractivity contribution is 7.16. The van der Waals surface area contributed by atoms with Gasteiger partial charge in [0.1, 0.15) is 11.5 Å². The van der Waals surface area contributed by atoms with Crippen LogP contribution in [0.1, 0.15) is 17.3 Å². The molecule has 8 heteroatoms. The van der Waals surface area contributed by atoms with E-state index in [-0.39, 0.29) is 0 Å². The largest absolute Gasteiger partial charge is 0.497 e. The third kappa shape index (κ3) is 3.58. The molecule has 1 aromatic heterocycles. The molecule has 0 N–H and O–H groups in total. The molecule has 0 unspecified atom stereocenters. The molecule has 0 spiro atoms. The summed E-state index contributed by atoms with van der Waals surface area (Å²) in [4.78, 5) is 17.5. The van der Waals surface area contributed by atoms with Crippen molar-refractivity contribution in [2.75, 3.05) is 14.2 Å². The number of benzene rings is 2. The number of thiazole rings is 1. The monoisotopic (exact) mass is 410 g/mol. The first-order valence-corrected chi connectivity index (χ1v) is 9.34. The van der Waals surface area contributed by atoms with E-state index in [9.17, 15) is 4.79 Å². The summed E-state index contributed by atoms with van der Waals surface area (Å²) in [6.45, 7) is 2.59. The van der Waals surface area contributed by atoms with Crippen molar-refractivity contribution in [3.63, 3.8) is 0 Å². The number of fused-ring (bicyclic) bond motifs is 1. The predicted octanol–water partition coefficient (Wildman–Crippen LogP) is 4.79. The van der Waals surface area contributed by atoms with Gasteiger partial charge in [-0.2, -0.15) is 4.99 Å². The molecule has 0 atom stereocenters. The highest BCUT2D eigenvalue weighted by Crippen LogP contribution is 2.30. The molecule has 26 heavy (non-hydrogen) atoms. The lowest BCUT2D eigenvalue weighted by atomic mass is 10.2. The summed E-state index contributed by atoms with van der Waals surface area (Å²) in [6.07, 6.45) is 0. The van der Waals surface area contributed by atoms with Crippen molar-refractivity contribution < 1.29 is 14.3 Å². The van der Waals surface area contributed by atoms with Crippen LogP contribution in [0.3, 0.4) is 0 Å². The van der Waals surface area contributed by atoms with Gasteiger partial charge in [0.05, 0.1) is 29.5 Å². The summed E-state index contributed by atoms with van der Waals surface area (Å²) in [6, 6.07) is 8.45. The Morgan fingerprint density at radius 2 is 1.77 bits per heavy atom. The van der Waals surface area contributed by atoms with Gasteiger partial charge in [-0.3, -0.25) is 4.79 Å². The third-order valence-electron chi connectivity index (χ3n) is 3.81. The fourth-order valence-electron chi connectivity index (χ4n) is 2.59. The van der Waals surface area contributed by atoms with Crippen molar-refractivity contribution in [3.8, 4) is 11.5 Å². The van der Waals surface area contributed by atoms with Gasteiger partial charge in [-0.05, 0) is 31.2 Å². The Bertz CT molecular complexity index is 1030. The number of aromatic nitrogens is 1. The Hall–Kier alpha value is -2.02. The lowest BCUT2D eigenvalue weighted by molar-refractivity contribution is 0.0997. The van der Waals surface area contributed by atoms with E-state index >= 15 is 0 Å². The minimum absolute atomic E-state index is 0.380. The SMILES string of the molecule is CCn1c(=NC(=O)c2cc(OC)cc(OC)c2)sc2cc(Cl)cc(Cl)c21. The van der Waals surface area contributed by atoms with Gasteiger partial charge in [-0.1, -0.05) is 34.5 Å². The normalized spacial score (nSPS) is 11.8. The summed E-state index contributed by atoms with van der Waals surface area (Å²) in [5, 5.41) is 1.07. The van der Waals surface area contributed by atoms with Crippen LogP contribution < -0.4 is 14.3 Å². The highest BCUT2D eigenvalue weighted by atomic mass is 35.5. The number of aryl methyl sites for hydroxylation is 1. The fourth-order valence-corrected chi connectivity index (χ4v) is 4.46. The second kappa shape index (κ2) is 7.70. The Balaban J connectivity index is 2.16. The molecule has 5 nitrogen and oxygen atoms in total. The summed E-state index contributed by atoms with van der Waals surface area (Å²) in [5.74, 6) is 0.660. The molecule has 0 aliphatic rings. The Labute approximate surface area is 164 Å². The highest BCUT2D eigenvalue weighted by Gasteiger charge is 2.13. The second-order valence-electron chi connectivity index (χ2n) is 5.38. The quantitative estimate of drug-likeness (QED) is 0.621. The molecule has 0 saturated heterocycles. The summed E-state index contributed by atoms with van der Waals surface area (Å²) < 4.78 is 13.2. The molecule has 1 heterocycles. The molecule has 0 aliphatic heterocycles. The van der Waals surface area contributed by atoms with Gasteiger partial charge in [0.2, 0.25) is 0 Å². The van der Waals surface area contributed by atoms with Crippen molar-refractivity contribution in [2.45, 2.75) is 13.5 Å². The van der Waals surface area contributed by atoms with Crippen molar-refractivity contribution in [1.29, 1.82) is 0 Å². The number of hydrogen-bond donors (Lipinski definition) is 0. The van der Waals surface area contributed by atoms with E-state index in [1.165, 1.54) is 25.6 Å². The number of ether oxygens (including phenoxy) is 2. The summed E-state index contributed by atoms with van der Waals surface area (Å²) >= 11 is 13.8. The van der Waals surface area contributed by atoms with Crippen LogP contribution in [0.5, 0.6) is 11.5 Å². The van der Waals surface area contributed by atoms with Crippen molar-refractivity contribution in [1.82, 2.24) is 4.57 Å². The first-order chi connectivity index (χ1) is 12.5. The number of carbonyl (C=O) groups is 1. The maximum absolute atomic E-state index is 12.7. The molecule has 3 aromatic rings. The smallest absolute Gasteiger partial charge is 0.279 e. The van der Waals surface area contributed by atoms with Crippen LogP contribution in [-0.4, -0.2) is 24.7 Å². The van der Waals surface area contributed by atoms with E-state index in [1.54, 1.807) is 24.3 Å². The van der Waals surface area contributed by atoms with E-state index in [4.69, 9.17) is 32.7 Å². The molecule has 0 fully saturated rings. The zero-order valence-corrected chi connectivity index (χ0v) is 16.7. The third-order valence-corrected chi connectivity index (χ3v) is 5.34. The molecule has 0 saturated carbocycles. The van der Waals surface area contributed by atoms with Crippen molar-refractivity contribution in [2.24, 2.45) is 4.99 Å². The molecule has 3 rings (SSSR count). The van der Waals surface area contributed by atoms with E-state index in [2.05, 4.69) is 4.99 Å². The molecule has 2 aromatic carbocycles. The fraction of sp³-hybridized carbons (Fsp3) is 0.222. The average Bonchev–Trinajstić information content (AvgIpc) is 2.98. The molecule has 0 radical (unpaired) electrons. The number of rotatable bonds is 4. The standard InChI is InChI=1S/C18H16Cl2N2O3S/c1-4-22-16-14(20)7-11(19)8-15(16)26-18(22)21-17(23)10-5-12(24-2)9-13(6-10)25-3/h5-9H,4H2,1-3H3. The number of nitrogens with zero attached hydrogens (tertiary/aromatic N) is 2. The van der Waals surface area contributed by atoms with Crippen LogP contribution >= 0.6 is 34.5 Å². The Morgan fingerprint density at radius 3 is 2.35 bits per heavy atom. The van der Waals surface area contributed by atoms with Crippen LogP contribution in [-0.2, 0) is 6.54 Å². The van der Waals surface area contributed by atoms with Gasteiger partial charge < -0.3 is 14.0 Å². The number of amides is 1. The zero-order valence-electron chi connectivity index (χ0n) is 14.4. The van der Waals surface area contributed by atoms with Crippen LogP contribution in [0.25, 0.3) is 10.2 Å².